The van der Waals surface area contributed by atoms with E-state index in [0.717, 1.165) is 16.2 Å². The number of nitrogens with one attached hydrogen (secondary N) is 1. The average molecular weight is 268 g/mol. The predicted molar refractivity (Wildman–Crippen MR) is 79.8 cm³/mol. The normalized spacial score (nSPS) is 11.2. The average Bonchev–Trinajstić information content (AvgIpc) is 2.84. The Morgan fingerprint density at radius 3 is 2.84 bits per heavy atom. The molecule has 0 bridgehead atoms. The Hall–Kier alpha value is -2.27. The van der Waals surface area contributed by atoms with E-state index in [1.54, 1.807) is 29.9 Å². The van der Waals surface area contributed by atoms with Crippen molar-refractivity contribution < 1.29 is 0 Å². The van der Waals surface area contributed by atoms with Crippen molar-refractivity contribution in [3.05, 3.63) is 53.9 Å². The molecule has 0 amide bonds. The first kappa shape index (κ1) is 11.8. The zero-order valence-electron chi connectivity index (χ0n) is 10.4. The molecule has 0 atom stereocenters. The first-order chi connectivity index (χ1) is 9.33. The number of rotatable bonds is 3. The molecule has 0 aliphatic carbocycles. The summed E-state index contributed by atoms with van der Waals surface area (Å²) in [5, 5.41) is 4.98. The lowest BCUT2D eigenvalue weighted by molar-refractivity contribution is 1.30. The number of anilines is 1. The Labute approximate surface area is 114 Å². The molecule has 0 radical (unpaired) electrons. The molecule has 94 valence electrons. The molecule has 0 aliphatic rings. The molecular formula is C14H12N4S. The lowest BCUT2D eigenvalue weighted by Gasteiger charge is -1.92. The van der Waals surface area contributed by atoms with Crippen molar-refractivity contribution in [1.82, 2.24) is 9.97 Å². The highest BCUT2D eigenvalue weighted by Gasteiger charge is 2.04. The van der Waals surface area contributed by atoms with E-state index in [2.05, 4.69) is 33.5 Å². The molecule has 1 aromatic carbocycles. The highest BCUT2D eigenvalue weighted by atomic mass is 32.1. The van der Waals surface area contributed by atoms with Crippen LogP contribution in [0.5, 0.6) is 0 Å². The van der Waals surface area contributed by atoms with E-state index in [-0.39, 0.29) is 0 Å². The second kappa shape index (κ2) is 5.16. The monoisotopic (exact) mass is 268 g/mol. The van der Waals surface area contributed by atoms with Crippen LogP contribution < -0.4 is 5.43 Å². The van der Waals surface area contributed by atoms with Crippen molar-refractivity contribution >= 4 is 32.9 Å². The fourth-order valence-electron chi connectivity index (χ4n) is 1.75. The molecule has 0 fully saturated rings. The van der Waals surface area contributed by atoms with Crippen LogP contribution in [0.1, 0.15) is 11.1 Å². The molecule has 0 unspecified atom stereocenters. The number of benzene rings is 1. The van der Waals surface area contributed by atoms with Gasteiger partial charge in [-0.2, -0.15) is 5.10 Å². The van der Waals surface area contributed by atoms with E-state index >= 15 is 0 Å². The third-order valence-electron chi connectivity index (χ3n) is 2.69. The molecule has 3 aromatic rings. The van der Waals surface area contributed by atoms with E-state index in [1.807, 2.05) is 24.3 Å². The lowest BCUT2D eigenvalue weighted by Crippen LogP contribution is -1.89. The van der Waals surface area contributed by atoms with Gasteiger partial charge < -0.3 is 0 Å². The molecule has 0 spiro atoms. The number of hydrazone groups is 1. The summed E-state index contributed by atoms with van der Waals surface area (Å²) in [5.74, 6) is 0. The maximum absolute atomic E-state index is 4.49. The van der Waals surface area contributed by atoms with E-state index in [1.165, 1.54) is 10.3 Å². The molecular weight excluding hydrogens is 256 g/mol. The zero-order chi connectivity index (χ0) is 13.1. The minimum Gasteiger partial charge on any atom is -0.265 e. The molecule has 2 aromatic heterocycles. The number of hydrogen-bond donors (Lipinski definition) is 1. The Kier molecular flexibility index (Phi) is 3.20. The van der Waals surface area contributed by atoms with Gasteiger partial charge in [0.05, 0.1) is 16.4 Å². The maximum atomic E-state index is 4.49. The SMILES string of the molecule is Cc1cccc2nc(N/N=C\c3ccncc3)sc12. The van der Waals surface area contributed by atoms with Gasteiger partial charge in [0, 0.05) is 12.4 Å². The number of pyridine rings is 1. The molecule has 1 N–H and O–H groups in total. The highest BCUT2D eigenvalue weighted by molar-refractivity contribution is 7.22. The lowest BCUT2D eigenvalue weighted by atomic mass is 10.2. The smallest absolute Gasteiger partial charge is 0.204 e. The van der Waals surface area contributed by atoms with Gasteiger partial charge in [-0.05, 0) is 36.2 Å². The van der Waals surface area contributed by atoms with Gasteiger partial charge >= 0.3 is 0 Å². The van der Waals surface area contributed by atoms with Crippen LogP contribution in [0.15, 0.2) is 47.8 Å². The largest absolute Gasteiger partial charge is 0.265 e. The summed E-state index contributed by atoms with van der Waals surface area (Å²) < 4.78 is 1.20. The van der Waals surface area contributed by atoms with Crippen LogP contribution in [0.25, 0.3) is 10.2 Å². The molecule has 2 heterocycles. The minimum atomic E-state index is 0.801. The topological polar surface area (TPSA) is 50.2 Å². The Morgan fingerprint density at radius 1 is 1.21 bits per heavy atom. The second-order valence-corrected chi connectivity index (χ2v) is 5.09. The third kappa shape index (κ3) is 2.61. The third-order valence-corrected chi connectivity index (χ3v) is 3.80. The van der Waals surface area contributed by atoms with E-state index in [0.29, 0.717) is 0 Å². The summed E-state index contributed by atoms with van der Waals surface area (Å²) in [7, 11) is 0. The van der Waals surface area contributed by atoms with Crippen LogP contribution in [-0.4, -0.2) is 16.2 Å². The van der Waals surface area contributed by atoms with E-state index in [9.17, 15) is 0 Å². The number of aryl methyl sites for hydroxylation is 1. The summed E-state index contributed by atoms with van der Waals surface area (Å²) >= 11 is 1.61. The predicted octanol–water partition coefficient (Wildman–Crippen LogP) is 3.45. The summed E-state index contributed by atoms with van der Waals surface area (Å²) in [4.78, 5) is 8.44. The second-order valence-electron chi connectivity index (χ2n) is 4.09. The van der Waals surface area contributed by atoms with Crippen molar-refractivity contribution in [2.24, 2.45) is 5.10 Å². The van der Waals surface area contributed by atoms with Crippen molar-refractivity contribution in [1.29, 1.82) is 0 Å². The summed E-state index contributed by atoms with van der Waals surface area (Å²) in [6.07, 6.45) is 5.23. The fourth-order valence-corrected chi connectivity index (χ4v) is 2.63. The fraction of sp³-hybridized carbons (Fsp3) is 0.0714. The molecule has 0 saturated heterocycles. The van der Waals surface area contributed by atoms with E-state index in [4.69, 9.17) is 0 Å². The van der Waals surface area contributed by atoms with Crippen LogP contribution in [-0.2, 0) is 0 Å². The molecule has 4 nitrogen and oxygen atoms in total. The van der Waals surface area contributed by atoms with Crippen molar-refractivity contribution in [2.45, 2.75) is 6.92 Å². The van der Waals surface area contributed by atoms with Crippen LogP contribution >= 0.6 is 11.3 Å². The first-order valence-electron chi connectivity index (χ1n) is 5.88. The molecule has 3 rings (SSSR count). The molecule has 5 heteroatoms. The van der Waals surface area contributed by atoms with Crippen LogP contribution in [0.4, 0.5) is 5.13 Å². The van der Waals surface area contributed by atoms with Crippen LogP contribution in [0.2, 0.25) is 0 Å². The highest BCUT2D eigenvalue weighted by Crippen LogP contribution is 2.28. The number of aromatic nitrogens is 2. The number of fused-ring (bicyclic) bond motifs is 1. The Balaban J connectivity index is 1.79. The summed E-state index contributed by atoms with van der Waals surface area (Å²) in [6, 6.07) is 9.91. The minimum absolute atomic E-state index is 0.801. The zero-order valence-corrected chi connectivity index (χ0v) is 11.2. The van der Waals surface area contributed by atoms with Crippen molar-refractivity contribution in [2.75, 3.05) is 5.43 Å². The van der Waals surface area contributed by atoms with Crippen LogP contribution in [0.3, 0.4) is 0 Å². The Morgan fingerprint density at radius 2 is 2.05 bits per heavy atom. The van der Waals surface area contributed by atoms with Gasteiger partial charge in [-0.3, -0.25) is 10.4 Å². The first-order valence-corrected chi connectivity index (χ1v) is 6.70. The van der Waals surface area contributed by atoms with Gasteiger partial charge in [0.15, 0.2) is 0 Å². The van der Waals surface area contributed by atoms with Gasteiger partial charge in [-0.15, -0.1) is 0 Å². The van der Waals surface area contributed by atoms with Crippen LogP contribution in [0, 0.1) is 6.92 Å². The number of thiazole rings is 1. The van der Waals surface area contributed by atoms with Gasteiger partial charge in [0.1, 0.15) is 0 Å². The van der Waals surface area contributed by atoms with Gasteiger partial charge in [-0.1, -0.05) is 23.5 Å². The van der Waals surface area contributed by atoms with Crippen molar-refractivity contribution in [3.63, 3.8) is 0 Å². The summed E-state index contributed by atoms with van der Waals surface area (Å²) in [6.45, 7) is 2.09. The maximum Gasteiger partial charge on any atom is 0.204 e. The molecule has 19 heavy (non-hydrogen) atoms. The number of hydrogen-bond acceptors (Lipinski definition) is 5. The van der Waals surface area contributed by atoms with Gasteiger partial charge in [0.2, 0.25) is 5.13 Å². The number of nitrogens with zero attached hydrogens (tertiary/aromatic N) is 3. The molecule has 0 saturated carbocycles. The van der Waals surface area contributed by atoms with E-state index < -0.39 is 0 Å². The van der Waals surface area contributed by atoms with Gasteiger partial charge in [-0.25, -0.2) is 4.98 Å². The van der Waals surface area contributed by atoms with Gasteiger partial charge in [0.25, 0.3) is 0 Å². The Bertz CT molecular complexity index is 719. The standard InChI is InChI=1S/C14H12N4S/c1-10-3-2-4-12-13(10)19-14(17-12)18-16-9-11-5-7-15-8-6-11/h2-9H,1H3,(H,17,18)/b16-9-. The molecule has 0 aliphatic heterocycles. The van der Waals surface area contributed by atoms with Crippen molar-refractivity contribution in [3.8, 4) is 0 Å². The quantitative estimate of drug-likeness (QED) is 0.584. The summed E-state index contributed by atoms with van der Waals surface area (Å²) in [5.41, 5.74) is 6.21.